The van der Waals surface area contributed by atoms with Crippen molar-refractivity contribution >= 4 is 11.9 Å². The Kier molecular flexibility index (Phi) is 5.73. The van der Waals surface area contributed by atoms with E-state index in [0.29, 0.717) is 19.1 Å². The SMILES string of the molecule is Cc1cc(C)nc(-n2nc(C)c(CC(=O)N3CCO[C@@H](CC(=O)O)C3)c2C)n1. The molecule has 1 fully saturated rings. The predicted octanol–water partition coefficient (Wildman–Crippen LogP) is 1.14. The zero-order valence-corrected chi connectivity index (χ0v) is 16.6. The van der Waals surface area contributed by atoms with Gasteiger partial charge in [0.2, 0.25) is 5.91 Å². The monoisotopic (exact) mass is 387 g/mol. The molecule has 0 aliphatic carbocycles. The summed E-state index contributed by atoms with van der Waals surface area (Å²) in [6, 6.07) is 1.89. The number of morpholine rings is 1. The maximum atomic E-state index is 12.8. The molecule has 3 heterocycles. The van der Waals surface area contributed by atoms with Crippen LogP contribution in [0.1, 0.15) is 34.8 Å². The van der Waals surface area contributed by atoms with Gasteiger partial charge in [-0.25, -0.2) is 14.6 Å². The average molecular weight is 387 g/mol. The molecule has 9 nitrogen and oxygen atoms in total. The Morgan fingerprint density at radius 2 is 1.89 bits per heavy atom. The zero-order valence-electron chi connectivity index (χ0n) is 16.6. The van der Waals surface area contributed by atoms with Gasteiger partial charge in [0.05, 0.1) is 31.2 Å². The standard InChI is InChI=1S/C19H25N5O4/c1-11-7-12(2)21-19(20-11)24-14(4)16(13(3)22-24)9-17(25)23-5-6-28-15(10-23)8-18(26)27/h7,15H,5-6,8-10H2,1-4H3,(H,26,27)/t15-/m0/s1. The Morgan fingerprint density at radius 3 is 2.54 bits per heavy atom. The molecule has 1 N–H and O–H groups in total. The van der Waals surface area contributed by atoms with Crippen molar-refractivity contribution in [2.24, 2.45) is 0 Å². The van der Waals surface area contributed by atoms with Crippen molar-refractivity contribution in [3.05, 3.63) is 34.4 Å². The van der Waals surface area contributed by atoms with Gasteiger partial charge < -0.3 is 14.7 Å². The van der Waals surface area contributed by atoms with Gasteiger partial charge in [-0.3, -0.25) is 9.59 Å². The van der Waals surface area contributed by atoms with Crippen molar-refractivity contribution in [2.75, 3.05) is 19.7 Å². The number of amides is 1. The maximum absolute atomic E-state index is 12.8. The molecule has 150 valence electrons. The fraction of sp³-hybridized carbons (Fsp3) is 0.526. The number of aromatic nitrogens is 4. The summed E-state index contributed by atoms with van der Waals surface area (Å²) < 4.78 is 7.11. The summed E-state index contributed by atoms with van der Waals surface area (Å²) >= 11 is 0. The van der Waals surface area contributed by atoms with Gasteiger partial charge in [-0.05, 0) is 33.8 Å². The van der Waals surface area contributed by atoms with Crippen LogP contribution in [0.5, 0.6) is 0 Å². The van der Waals surface area contributed by atoms with E-state index in [9.17, 15) is 9.59 Å². The molecular weight excluding hydrogens is 362 g/mol. The molecule has 2 aromatic rings. The highest BCUT2D eigenvalue weighted by Crippen LogP contribution is 2.19. The molecule has 28 heavy (non-hydrogen) atoms. The van der Waals surface area contributed by atoms with Crippen molar-refractivity contribution in [3.8, 4) is 5.95 Å². The third kappa shape index (κ3) is 4.36. The Balaban J connectivity index is 1.78. The molecular formula is C19H25N5O4. The molecule has 0 spiro atoms. The maximum Gasteiger partial charge on any atom is 0.306 e. The number of ether oxygens (including phenoxy) is 1. The molecule has 1 aliphatic heterocycles. The fourth-order valence-electron chi connectivity index (χ4n) is 3.45. The first-order chi connectivity index (χ1) is 13.2. The largest absolute Gasteiger partial charge is 0.481 e. The van der Waals surface area contributed by atoms with Crippen LogP contribution in [0.25, 0.3) is 5.95 Å². The summed E-state index contributed by atoms with van der Waals surface area (Å²) in [5.74, 6) is -0.504. The van der Waals surface area contributed by atoms with E-state index in [1.165, 1.54) is 0 Å². The summed E-state index contributed by atoms with van der Waals surface area (Å²) in [4.78, 5) is 34.3. The predicted molar refractivity (Wildman–Crippen MR) is 100 cm³/mol. The molecule has 1 atom stereocenters. The molecule has 1 amide bonds. The summed E-state index contributed by atoms with van der Waals surface area (Å²) in [7, 11) is 0. The summed E-state index contributed by atoms with van der Waals surface area (Å²) in [6.07, 6.45) is -0.379. The van der Waals surface area contributed by atoms with Crippen LogP contribution in [0.4, 0.5) is 0 Å². The minimum absolute atomic E-state index is 0.0641. The van der Waals surface area contributed by atoms with E-state index in [4.69, 9.17) is 9.84 Å². The first-order valence-corrected chi connectivity index (χ1v) is 9.23. The molecule has 1 saturated heterocycles. The van der Waals surface area contributed by atoms with Gasteiger partial charge in [0, 0.05) is 35.7 Å². The highest BCUT2D eigenvalue weighted by atomic mass is 16.5. The van der Waals surface area contributed by atoms with Gasteiger partial charge in [0.15, 0.2) is 0 Å². The van der Waals surface area contributed by atoms with E-state index in [1.54, 1.807) is 9.58 Å². The van der Waals surface area contributed by atoms with Gasteiger partial charge >= 0.3 is 5.97 Å². The minimum Gasteiger partial charge on any atom is -0.481 e. The van der Waals surface area contributed by atoms with E-state index in [-0.39, 0.29) is 25.3 Å². The first-order valence-electron chi connectivity index (χ1n) is 9.23. The second-order valence-electron chi connectivity index (χ2n) is 7.12. The Hall–Kier alpha value is -2.81. The van der Waals surface area contributed by atoms with Gasteiger partial charge in [-0.1, -0.05) is 0 Å². The molecule has 0 aromatic carbocycles. The summed E-state index contributed by atoms with van der Waals surface area (Å²) in [5, 5.41) is 13.5. The van der Waals surface area contributed by atoms with Crippen molar-refractivity contribution in [2.45, 2.75) is 46.6 Å². The van der Waals surface area contributed by atoms with Gasteiger partial charge in [-0.15, -0.1) is 0 Å². The topological polar surface area (TPSA) is 110 Å². The summed E-state index contributed by atoms with van der Waals surface area (Å²) in [5.41, 5.74) is 4.13. The van der Waals surface area contributed by atoms with Gasteiger partial charge in [-0.2, -0.15) is 5.10 Å². The number of hydrogen-bond donors (Lipinski definition) is 1. The van der Waals surface area contributed by atoms with Gasteiger partial charge in [0.25, 0.3) is 5.95 Å². The molecule has 0 saturated carbocycles. The van der Waals surface area contributed by atoms with Crippen LogP contribution in [-0.2, 0) is 20.7 Å². The minimum atomic E-state index is -0.930. The van der Waals surface area contributed by atoms with Crippen molar-refractivity contribution < 1.29 is 19.4 Å². The molecule has 0 bridgehead atoms. The number of hydrogen-bond acceptors (Lipinski definition) is 6. The molecule has 0 radical (unpaired) electrons. The number of carboxylic acids is 1. The van der Waals surface area contributed by atoms with E-state index in [0.717, 1.165) is 28.3 Å². The Labute approximate surface area is 163 Å². The van der Waals surface area contributed by atoms with E-state index < -0.39 is 12.1 Å². The Morgan fingerprint density at radius 1 is 1.21 bits per heavy atom. The smallest absolute Gasteiger partial charge is 0.306 e. The van der Waals surface area contributed by atoms with Crippen LogP contribution >= 0.6 is 0 Å². The van der Waals surface area contributed by atoms with Crippen LogP contribution in [0.3, 0.4) is 0 Å². The molecule has 9 heteroatoms. The molecule has 2 aromatic heterocycles. The van der Waals surface area contributed by atoms with Crippen LogP contribution < -0.4 is 0 Å². The molecule has 0 unspecified atom stereocenters. The highest BCUT2D eigenvalue weighted by Gasteiger charge is 2.27. The Bertz CT molecular complexity index is 888. The third-order valence-electron chi connectivity index (χ3n) is 4.82. The average Bonchev–Trinajstić information content (AvgIpc) is 2.89. The normalized spacial score (nSPS) is 17.0. The first kappa shape index (κ1) is 19.9. The third-order valence-corrected chi connectivity index (χ3v) is 4.82. The number of carboxylic acid groups (broad SMARTS) is 1. The van der Waals surface area contributed by atoms with Crippen molar-refractivity contribution in [3.63, 3.8) is 0 Å². The molecule has 3 rings (SSSR count). The lowest BCUT2D eigenvalue weighted by Crippen LogP contribution is -2.46. The van der Waals surface area contributed by atoms with Crippen LogP contribution in [-0.4, -0.2) is 67.4 Å². The zero-order chi connectivity index (χ0) is 20.4. The number of aliphatic carboxylic acids is 1. The van der Waals surface area contributed by atoms with Crippen LogP contribution in [0, 0.1) is 27.7 Å². The fourth-order valence-corrected chi connectivity index (χ4v) is 3.45. The number of carbonyl (C=O) groups is 2. The van der Waals surface area contributed by atoms with Crippen LogP contribution in [0.2, 0.25) is 0 Å². The number of nitrogens with zero attached hydrogens (tertiary/aromatic N) is 5. The number of carbonyl (C=O) groups excluding carboxylic acids is 1. The van der Waals surface area contributed by atoms with Crippen molar-refractivity contribution in [1.29, 1.82) is 0 Å². The van der Waals surface area contributed by atoms with E-state index in [1.807, 2.05) is 33.8 Å². The summed E-state index contributed by atoms with van der Waals surface area (Å²) in [6.45, 7) is 8.66. The van der Waals surface area contributed by atoms with Crippen molar-refractivity contribution in [1.82, 2.24) is 24.6 Å². The number of rotatable bonds is 5. The lowest BCUT2D eigenvalue weighted by Gasteiger charge is -2.32. The van der Waals surface area contributed by atoms with E-state index >= 15 is 0 Å². The van der Waals surface area contributed by atoms with E-state index in [2.05, 4.69) is 15.1 Å². The lowest BCUT2D eigenvalue weighted by molar-refractivity contribution is -0.147. The second-order valence-corrected chi connectivity index (χ2v) is 7.12. The van der Waals surface area contributed by atoms with Gasteiger partial charge in [0.1, 0.15) is 0 Å². The highest BCUT2D eigenvalue weighted by molar-refractivity contribution is 5.79. The number of aryl methyl sites for hydroxylation is 3. The second kappa shape index (κ2) is 8.05. The quantitative estimate of drug-likeness (QED) is 0.819. The molecule has 1 aliphatic rings. The van der Waals surface area contributed by atoms with Crippen LogP contribution in [0.15, 0.2) is 6.07 Å². The lowest BCUT2D eigenvalue weighted by atomic mass is 10.1.